The second-order valence-electron chi connectivity index (χ2n) is 5.82. The molecular weight excluding hydrogens is 318 g/mol. The van der Waals surface area contributed by atoms with E-state index in [1.807, 2.05) is 4.90 Å². The highest BCUT2D eigenvalue weighted by atomic mass is 16.5. The van der Waals surface area contributed by atoms with E-state index in [1.54, 1.807) is 37.3 Å². The molecule has 1 aliphatic heterocycles. The Morgan fingerprint density at radius 3 is 2.40 bits per heavy atom. The molecule has 1 aromatic rings. The van der Waals surface area contributed by atoms with E-state index in [0.717, 1.165) is 25.9 Å². The van der Waals surface area contributed by atoms with Gasteiger partial charge in [-0.3, -0.25) is 4.79 Å². The van der Waals surface area contributed by atoms with Crippen molar-refractivity contribution in [1.82, 2.24) is 4.90 Å². The zero-order valence-electron chi connectivity index (χ0n) is 14.5. The summed E-state index contributed by atoms with van der Waals surface area (Å²) in [6, 6.07) is 8.80. The van der Waals surface area contributed by atoms with E-state index in [2.05, 4.69) is 5.32 Å². The first-order chi connectivity index (χ1) is 12.2. The fourth-order valence-electron chi connectivity index (χ4n) is 2.67. The molecule has 132 valence electrons. The van der Waals surface area contributed by atoms with Gasteiger partial charge >= 0.3 is 5.97 Å². The molecule has 1 fully saturated rings. The lowest BCUT2D eigenvalue weighted by Gasteiger charge is -2.20. The van der Waals surface area contributed by atoms with Crippen molar-refractivity contribution in [3.8, 4) is 6.07 Å². The topological polar surface area (TPSA) is 82.4 Å². The largest absolute Gasteiger partial charge is 0.462 e. The van der Waals surface area contributed by atoms with Crippen molar-refractivity contribution in [1.29, 1.82) is 5.26 Å². The first-order valence-corrected chi connectivity index (χ1v) is 8.59. The smallest absolute Gasteiger partial charge is 0.350 e. The normalized spacial score (nSPS) is 15.0. The quantitative estimate of drug-likeness (QED) is 0.505. The van der Waals surface area contributed by atoms with Gasteiger partial charge in [-0.05, 0) is 44.0 Å². The Kier molecular flexibility index (Phi) is 7.02. The number of likely N-dealkylation sites (tertiary alicyclic amines) is 1. The lowest BCUT2D eigenvalue weighted by atomic mass is 10.1. The number of carbonyl (C=O) groups excluding carboxylic acids is 2. The third-order valence-corrected chi connectivity index (χ3v) is 4.02. The van der Waals surface area contributed by atoms with Crippen LogP contribution in [0.5, 0.6) is 0 Å². The van der Waals surface area contributed by atoms with Gasteiger partial charge in [0.25, 0.3) is 5.91 Å². The van der Waals surface area contributed by atoms with E-state index in [4.69, 9.17) is 10.00 Å². The molecule has 1 aliphatic rings. The SMILES string of the molecule is CCOC(=O)C(C#N)=CNc1ccc(C(=O)N2CCCCCC2)cc1. The van der Waals surface area contributed by atoms with Crippen molar-refractivity contribution in [2.45, 2.75) is 32.6 Å². The third-order valence-electron chi connectivity index (χ3n) is 4.02. The summed E-state index contributed by atoms with van der Waals surface area (Å²) in [6.07, 6.45) is 5.78. The van der Waals surface area contributed by atoms with Crippen molar-refractivity contribution in [2.75, 3.05) is 25.0 Å². The first kappa shape index (κ1) is 18.5. The van der Waals surface area contributed by atoms with Crippen LogP contribution in [-0.4, -0.2) is 36.5 Å². The number of carbonyl (C=O) groups is 2. The molecule has 1 aromatic carbocycles. The highest BCUT2D eigenvalue weighted by Crippen LogP contribution is 2.16. The molecule has 0 aromatic heterocycles. The van der Waals surface area contributed by atoms with Crippen LogP contribution in [0.3, 0.4) is 0 Å². The average Bonchev–Trinajstić information content (AvgIpc) is 2.92. The van der Waals surface area contributed by atoms with Gasteiger partial charge in [0.2, 0.25) is 0 Å². The zero-order valence-corrected chi connectivity index (χ0v) is 14.5. The number of hydrogen-bond donors (Lipinski definition) is 1. The van der Waals surface area contributed by atoms with Crippen LogP contribution in [0, 0.1) is 11.3 Å². The molecule has 0 radical (unpaired) electrons. The molecular formula is C19H23N3O3. The maximum absolute atomic E-state index is 12.5. The highest BCUT2D eigenvalue weighted by Gasteiger charge is 2.17. The van der Waals surface area contributed by atoms with Crippen LogP contribution < -0.4 is 5.32 Å². The minimum absolute atomic E-state index is 0.0493. The van der Waals surface area contributed by atoms with E-state index in [1.165, 1.54) is 19.0 Å². The molecule has 25 heavy (non-hydrogen) atoms. The van der Waals surface area contributed by atoms with Crippen LogP contribution in [0.15, 0.2) is 36.0 Å². The predicted molar refractivity (Wildman–Crippen MR) is 94.8 cm³/mol. The maximum atomic E-state index is 12.5. The highest BCUT2D eigenvalue weighted by molar-refractivity contribution is 5.95. The lowest BCUT2D eigenvalue weighted by Crippen LogP contribution is -2.31. The summed E-state index contributed by atoms with van der Waals surface area (Å²) in [7, 11) is 0. The van der Waals surface area contributed by atoms with Gasteiger partial charge in [0.1, 0.15) is 6.07 Å². The molecule has 1 N–H and O–H groups in total. The summed E-state index contributed by atoms with van der Waals surface area (Å²) in [4.78, 5) is 26.0. The summed E-state index contributed by atoms with van der Waals surface area (Å²) >= 11 is 0. The number of nitrogens with one attached hydrogen (secondary N) is 1. The van der Waals surface area contributed by atoms with Crippen molar-refractivity contribution >= 4 is 17.6 Å². The number of nitrogens with zero attached hydrogens (tertiary/aromatic N) is 2. The molecule has 6 nitrogen and oxygen atoms in total. The molecule has 0 unspecified atom stereocenters. The van der Waals surface area contributed by atoms with Crippen LogP contribution in [0.25, 0.3) is 0 Å². The Bertz CT molecular complexity index is 666. The molecule has 0 saturated carbocycles. The van der Waals surface area contributed by atoms with Crippen molar-refractivity contribution < 1.29 is 14.3 Å². The molecule has 1 saturated heterocycles. The lowest BCUT2D eigenvalue weighted by molar-refractivity contribution is -0.138. The van der Waals surface area contributed by atoms with Gasteiger partial charge in [-0.1, -0.05) is 12.8 Å². The molecule has 1 heterocycles. The summed E-state index contributed by atoms with van der Waals surface area (Å²) < 4.78 is 4.79. The van der Waals surface area contributed by atoms with E-state index in [-0.39, 0.29) is 18.1 Å². The first-order valence-electron chi connectivity index (χ1n) is 8.59. The summed E-state index contributed by atoms with van der Waals surface area (Å²) in [5.74, 6) is -0.612. The number of ether oxygens (including phenoxy) is 1. The van der Waals surface area contributed by atoms with Gasteiger partial charge < -0.3 is 15.0 Å². The molecule has 0 aliphatic carbocycles. The Morgan fingerprint density at radius 2 is 1.84 bits per heavy atom. The fourth-order valence-corrected chi connectivity index (χ4v) is 2.67. The van der Waals surface area contributed by atoms with Crippen molar-refractivity contribution in [3.63, 3.8) is 0 Å². The molecule has 0 spiro atoms. The van der Waals surface area contributed by atoms with Gasteiger partial charge in [-0.2, -0.15) is 5.26 Å². The number of benzene rings is 1. The third kappa shape index (κ3) is 5.35. The van der Waals surface area contributed by atoms with Gasteiger partial charge in [0, 0.05) is 30.5 Å². The van der Waals surface area contributed by atoms with E-state index in [9.17, 15) is 9.59 Å². The van der Waals surface area contributed by atoms with E-state index < -0.39 is 5.97 Å². The van der Waals surface area contributed by atoms with Gasteiger partial charge in [-0.25, -0.2) is 4.79 Å². The maximum Gasteiger partial charge on any atom is 0.350 e. The number of anilines is 1. The summed E-state index contributed by atoms with van der Waals surface area (Å²) in [5, 5.41) is 11.9. The summed E-state index contributed by atoms with van der Waals surface area (Å²) in [6.45, 7) is 3.52. The second kappa shape index (κ2) is 9.48. The zero-order chi connectivity index (χ0) is 18.1. The average molecular weight is 341 g/mol. The fraction of sp³-hybridized carbons (Fsp3) is 0.421. The second-order valence-corrected chi connectivity index (χ2v) is 5.82. The molecule has 2 rings (SSSR count). The van der Waals surface area contributed by atoms with Crippen LogP contribution in [0.1, 0.15) is 43.0 Å². The monoisotopic (exact) mass is 341 g/mol. The Balaban J connectivity index is 2.00. The molecule has 1 amide bonds. The Hall–Kier alpha value is -2.81. The minimum Gasteiger partial charge on any atom is -0.462 e. The summed E-state index contributed by atoms with van der Waals surface area (Å²) in [5.41, 5.74) is 1.22. The van der Waals surface area contributed by atoms with Gasteiger partial charge in [-0.15, -0.1) is 0 Å². The molecule has 0 atom stereocenters. The van der Waals surface area contributed by atoms with Gasteiger partial charge in [0.05, 0.1) is 6.61 Å². The van der Waals surface area contributed by atoms with Crippen molar-refractivity contribution in [2.24, 2.45) is 0 Å². The minimum atomic E-state index is -0.662. The number of amides is 1. The Labute approximate surface area is 148 Å². The number of hydrogen-bond acceptors (Lipinski definition) is 5. The number of esters is 1. The number of nitriles is 1. The van der Waals surface area contributed by atoms with E-state index >= 15 is 0 Å². The van der Waals surface area contributed by atoms with Gasteiger partial charge in [0.15, 0.2) is 5.57 Å². The van der Waals surface area contributed by atoms with Crippen LogP contribution in [-0.2, 0) is 9.53 Å². The van der Waals surface area contributed by atoms with Crippen LogP contribution >= 0.6 is 0 Å². The van der Waals surface area contributed by atoms with E-state index in [0.29, 0.717) is 11.3 Å². The predicted octanol–water partition coefficient (Wildman–Crippen LogP) is 3.09. The van der Waals surface area contributed by atoms with Crippen molar-refractivity contribution in [3.05, 3.63) is 41.6 Å². The number of rotatable bonds is 5. The van der Waals surface area contributed by atoms with Crippen LogP contribution in [0.4, 0.5) is 5.69 Å². The molecule has 6 heteroatoms. The van der Waals surface area contributed by atoms with Crippen LogP contribution in [0.2, 0.25) is 0 Å². The standard InChI is InChI=1S/C19H23N3O3/c1-2-25-19(24)16(13-20)14-21-17-9-7-15(8-10-17)18(23)22-11-5-3-4-6-12-22/h7-10,14,21H,2-6,11-12H2,1H3. The molecule has 0 bridgehead atoms. The Morgan fingerprint density at radius 1 is 1.20 bits per heavy atom.